The molecule has 0 unspecified atom stereocenters. The van der Waals surface area contributed by atoms with E-state index in [4.69, 9.17) is 4.12 Å². The van der Waals surface area contributed by atoms with Gasteiger partial charge < -0.3 is 4.12 Å². The zero-order valence-corrected chi connectivity index (χ0v) is 9.92. The Morgan fingerprint density at radius 2 is 1.73 bits per heavy atom. The molecule has 1 aliphatic rings. The van der Waals surface area contributed by atoms with Crippen molar-refractivity contribution in [1.82, 2.24) is 0 Å². The van der Waals surface area contributed by atoms with Crippen molar-refractivity contribution in [2.45, 2.75) is 25.2 Å². The zero-order valence-electron chi connectivity index (χ0n) is 7.50. The lowest BCUT2D eigenvalue weighted by atomic mass is 10.5. The summed E-state index contributed by atoms with van der Waals surface area (Å²) < 4.78 is 5.89. The van der Waals surface area contributed by atoms with Gasteiger partial charge in [-0.05, 0) is 19.6 Å². The number of hydrogen-bond acceptors (Lipinski definition) is 1. The topological polar surface area (TPSA) is 9.23 Å². The van der Waals surface area contributed by atoms with Gasteiger partial charge in [0.25, 0.3) is 0 Å². The summed E-state index contributed by atoms with van der Waals surface area (Å²) in [6, 6.07) is 0. The molecule has 3 heteroatoms. The SMILES string of the molecule is C[Si](C)(C)O[SiH2]C1C=CC=C1. The molecule has 0 heterocycles. The average molecular weight is 184 g/mol. The van der Waals surface area contributed by atoms with Crippen molar-refractivity contribution in [3.05, 3.63) is 24.3 Å². The van der Waals surface area contributed by atoms with Crippen molar-refractivity contribution >= 4 is 18.1 Å². The highest BCUT2D eigenvalue weighted by Gasteiger charge is 2.15. The van der Waals surface area contributed by atoms with Gasteiger partial charge in [0.1, 0.15) is 0 Å². The van der Waals surface area contributed by atoms with Crippen LogP contribution in [-0.2, 0) is 4.12 Å². The first kappa shape index (κ1) is 8.97. The van der Waals surface area contributed by atoms with Crippen LogP contribution >= 0.6 is 0 Å². The van der Waals surface area contributed by atoms with E-state index in [1.165, 1.54) is 0 Å². The third-order valence-corrected chi connectivity index (χ3v) is 6.60. The van der Waals surface area contributed by atoms with E-state index in [0.29, 0.717) is 5.54 Å². The molecule has 0 aromatic carbocycles. The molecule has 0 bridgehead atoms. The summed E-state index contributed by atoms with van der Waals surface area (Å²) in [7, 11) is -1.56. The molecule has 0 saturated heterocycles. The quantitative estimate of drug-likeness (QED) is 0.608. The monoisotopic (exact) mass is 184 g/mol. The van der Waals surface area contributed by atoms with Crippen molar-refractivity contribution in [3.63, 3.8) is 0 Å². The standard InChI is InChI=1S/C8H16OSi2/c1-11(2,3)9-10-8-6-4-5-7-8/h4-8H,10H2,1-3H3. The highest BCUT2D eigenvalue weighted by molar-refractivity contribution is 6.74. The normalized spacial score (nSPS) is 19.2. The van der Waals surface area contributed by atoms with Gasteiger partial charge in [-0.2, -0.15) is 0 Å². The fraction of sp³-hybridized carbons (Fsp3) is 0.500. The second-order valence-corrected chi connectivity index (χ2v) is 10.5. The zero-order chi connectivity index (χ0) is 8.32. The van der Waals surface area contributed by atoms with Gasteiger partial charge in [-0.15, -0.1) is 0 Å². The van der Waals surface area contributed by atoms with E-state index in [2.05, 4.69) is 43.9 Å². The van der Waals surface area contributed by atoms with Crippen LogP contribution in [0, 0.1) is 0 Å². The number of hydrogen-bond donors (Lipinski definition) is 0. The van der Waals surface area contributed by atoms with Gasteiger partial charge >= 0.3 is 0 Å². The van der Waals surface area contributed by atoms with E-state index in [1.54, 1.807) is 0 Å². The fourth-order valence-corrected chi connectivity index (χ4v) is 4.24. The smallest absolute Gasteiger partial charge is 0.169 e. The van der Waals surface area contributed by atoms with E-state index < -0.39 is 8.32 Å². The predicted molar refractivity (Wildman–Crippen MR) is 55.0 cm³/mol. The molecule has 11 heavy (non-hydrogen) atoms. The molecule has 0 aromatic rings. The summed E-state index contributed by atoms with van der Waals surface area (Å²) in [5.41, 5.74) is 0.668. The molecule has 0 atom stereocenters. The maximum Gasteiger partial charge on any atom is 0.169 e. The minimum atomic E-state index is -1.23. The van der Waals surface area contributed by atoms with Gasteiger partial charge in [0.2, 0.25) is 0 Å². The van der Waals surface area contributed by atoms with E-state index in [-0.39, 0.29) is 9.76 Å². The molecule has 0 aromatic heterocycles. The molecule has 0 aliphatic heterocycles. The van der Waals surface area contributed by atoms with E-state index in [1.807, 2.05) is 0 Å². The Hall–Kier alpha value is -0.126. The maximum absolute atomic E-state index is 5.89. The molecule has 0 radical (unpaired) electrons. The van der Waals surface area contributed by atoms with Crippen LogP contribution in [0.15, 0.2) is 24.3 Å². The molecule has 0 N–H and O–H groups in total. The molecular formula is C8H16OSi2. The van der Waals surface area contributed by atoms with Crippen LogP contribution in [0.25, 0.3) is 0 Å². The number of allylic oxidation sites excluding steroid dienone is 4. The molecule has 0 amide bonds. The van der Waals surface area contributed by atoms with Crippen molar-refractivity contribution in [2.75, 3.05) is 0 Å². The fourth-order valence-electron chi connectivity index (χ4n) is 0.935. The summed E-state index contributed by atoms with van der Waals surface area (Å²) in [4.78, 5) is 0. The molecular weight excluding hydrogens is 168 g/mol. The van der Waals surface area contributed by atoms with Gasteiger partial charge in [-0.1, -0.05) is 24.3 Å². The first-order chi connectivity index (χ1) is 5.08. The van der Waals surface area contributed by atoms with Crippen molar-refractivity contribution in [3.8, 4) is 0 Å². The Balaban J connectivity index is 2.23. The van der Waals surface area contributed by atoms with E-state index >= 15 is 0 Å². The van der Waals surface area contributed by atoms with Crippen LogP contribution in [-0.4, -0.2) is 18.1 Å². The Bertz CT molecular complexity index is 167. The minimum Gasteiger partial charge on any atom is -0.460 e. The summed E-state index contributed by atoms with van der Waals surface area (Å²) in [5.74, 6) is 0. The van der Waals surface area contributed by atoms with Gasteiger partial charge in [-0.25, -0.2) is 0 Å². The van der Waals surface area contributed by atoms with E-state index in [9.17, 15) is 0 Å². The maximum atomic E-state index is 5.89. The van der Waals surface area contributed by atoms with Gasteiger partial charge in [0.05, 0.1) is 0 Å². The van der Waals surface area contributed by atoms with Crippen LogP contribution in [0.1, 0.15) is 0 Å². The lowest BCUT2D eigenvalue weighted by Gasteiger charge is -2.18. The van der Waals surface area contributed by atoms with Crippen LogP contribution in [0.3, 0.4) is 0 Å². The first-order valence-corrected chi connectivity index (χ1v) is 8.87. The van der Waals surface area contributed by atoms with Crippen molar-refractivity contribution in [1.29, 1.82) is 0 Å². The number of rotatable bonds is 3. The Morgan fingerprint density at radius 1 is 1.18 bits per heavy atom. The molecule has 1 nitrogen and oxygen atoms in total. The van der Waals surface area contributed by atoms with Crippen LogP contribution in [0.5, 0.6) is 0 Å². The second kappa shape index (κ2) is 3.51. The highest BCUT2D eigenvalue weighted by atomic mass is 28.4. The average Bonchev–Trinajstić information content (AvgIpc) is 2.32. The highest BCUT2D eigenvalue weighted by Crippen LogP contribution is 2.15. The summed E-state index contributed by atoms with van der Waals surface area (Å²) in [6.45, 7) is 6.76. The summed E-state index contributed by atoms with van der Waals surface area (Å²) in [6.07, 6.45) is 8.72. The molecule has 62 valence electrons. The van der Waals surface area contributed by atoms with Crippen LogP contribution in [0.2, 0.25) is 25.2 Å². The predicted octanol–water partition coefficient (Wildman–Crippen LogP) is 1.84. The van der Waals surface area contributed by atoms with E-state index in [0.717, 1.165) is 0 Å². The molecule has 0 saturated carbocycles. The molecule has 0 fully saturated rings. The molecule has 0 spiro atoms. The van der Waals surface area contributed by atoms with Crippen molar-refractivity contribution < 1.29 is 4.12 Å². The Morgan fingerprint density at radius 3 is 2.18 bits per heavy atom. The lowest BCUT2D eigenvalue weighted by molar-refractivity contribution is 0.593. The van der Waals surface area contributed by atoms with Gasteiger partial charge in [0.15, 0.2) is 18.1 Å². The summed E-state index contributed by atoms with van der Waals surface area (Å²) >= 11 is 0. The second-order valence-electron chi connectivity index (χ2n) is 3.86. The van der Waals surface area contributed by atoms with Gasteiger partial charge in [-0.3, -0.25) is 0 Å². The van der Waals surface area contributed by atoms with Crippen molar-refractivity contribution in [2.24, 2.45) is 0 Å². The Labute approximate surface area is 72.2 Å². The van der Waals surface area contributed by atoms with Crippen LogP contribution < -0.4 is 0 Å². The molecule has 1 rings (SSSR count). The first-order valence-electron chi connectivity index (χ1n) is 4.07. The third kappa shape index (κ3) is 3.69. The minimum absolute atomic E-state index is 0.328. The Kier molecular flexibility index (Phi) is 2.86. The largest absolute Gasteiger partial charge is 0.460 e. The van der Waals surface area contributed by atoms with Gasteiger partial charge in [0, 0.05) is 5.54 Å². The third-order valence-electron chi connectivity index (χ3n) is 1.54. The lowest BCUT2D eigenvalue weighted by Crippen LogP contribution is -2.28. The van der Waals surface area contributed by atoms with Crippen LogP contribution in [0.4, 0.5) is 0 Å². The summed E-state index contributed by atoms with van der Waals surface area (Å²) in [5, 5.41) is 0. The molecule has 1 aliphatic carbocycles.